The molecule has 2 aliphatic heterocycles. The molecule has 0 bridgehead atoms. The summed E-state index contributed by atoms with van der Waals surface area (Å²) in [6, 6.07) is 0. The second-order valence-electron chi connectivity index (χ2n) is 13.5. The highest BCUT2D eigenvalue weighted by atomic mass is 16.7. The standard InChI is InChI=1S/C34H54O6/c1-22(2)12-9-13-23(3)14-10-15-24(4)16-11-17-28-18-19-29-27(7)30(25(5)26(6)31(29)39-28)40-32(35)34(8)20-37-33(36)38-21-34/h22-24,28H,9-21H2,1-8H3/t23-,24-,28-/m1/s1. The molecule has 40 heavy (non-hydrogen) atoms. The van der Waals surface area contributed by atoms with Crippen molar-refractivity contribution < 1.29 is 28.5 Å². The number of cyclic esters (lactones) is 2. The van der Waals surface area contributed by atoms with Gasteiger partial charge in [0.15, 0.2) is 0 Å². The van der Waals surface area contributed by atoms with Crippen LogP contribution in [-0.4, -0.2) is 31.4 Å². The van der Waals surface area contributed by atoms with Crippen LogP contribution in [0.2, 0.25) is 0 Å². The minimum absolute atomic E-state index is 0.0480. The summed E-state index contributed by atoms with van der Waals surface area (Å²) in [6.07, 6.45) is 13.1. The molecule has 0 N–H and O–H groups in total. The predicted molar refractivity (Wildman–Crippen MR) is 159 cm³/mol. The van der Waals surface area contributed by atoms with Gasteiger partial charge in [-0.15, -0.1) is 0 Å². The van der Waals surface area contributed by atoms with Crippen LogP contribution in [0.5, 0.6) is 11.5 Å². The molecule has 1 fully saturated rings. The molecule has 1 aromatic rings. The first-order chi connectivity index (χ1) is 18.9. The summed E-state index contributed by atoms with van der Waals surface area (Å²) in [7, 11) is 0. The van der Waals surface area contributed by atoms with Crippen molar-refractivity contribution in [2.45, 2.75) is 132 Å². The smallest absolute Gasteiger partial charge is 0.490 e. The largest absolute Gasteiger partial charge is 0.508 e. The predicted octanol–water partition coefficient (Wildman–Crippen LogP) is 8.82. The van der Waals surface area contributed by atoms with Crippen LogP contribution >= 0.6 is 0 Å². The summed E-state index contributed by atoms with van der Waals surface area (Å²) in [5, 5.41) is 0. The normalized spacial score (nSPS) is 19.7. The van der Waals surface area contributed by atoms with E-state index in [-0.39, 0.29) is 19.3 Å². The van der Waals surface area contributed by atoms with Crippen molar-refractivity contribution in [2.75, 3.05) is 13.2 Å². The Hall–Kier alpha value is -2.24. The molecule has 3 atom stereocenters. The molecule has 2 aliphatic rings. The third kappa shape index (κ3) is 8.63. The fraction of sp³-hybridized carbons (Fsp3) is 0.765. The summed E-state index contributed by atoms with van der Waals surface area (Å²) in [6.45, 7) is 17.1. The van der Waals surface area contributed by atoms with Gasteiger partial charge in [-0.2, -0.15) is 0 Å². The molecule has 0 radical (unpaired) electrons. The van der Waals surface area contributed by atoms with Crippen LogP contribution in [-0.2, 0) is 20.7 Å². The Bertz CT molecular complexity index is 1000. The molecule has 1 aromatic carbocycles. The number of benzene rings is 1. The Morgan fingerprint density at radius 2 is 1.45 bits per heavy atom. The van der Waals surface area contributed by atoms with Crippen molar-refractivity contribution >= 4 is 12.1 Å². The average molecular weight is 559 g/mol. The van der Waals surface area contributed by atoms with Crippen molar-refractivity contribution in [1.82, 2.24) is 0 Å². The van der Waals surface area contributed by atoms with Gasteiger partial charge >= 0.3 is 12.1 Å². The van der Waals surface area contributed by atoms with Crippen LogP contribution < -0.4 is 9.47 Å². The summed E-state index contributed by atoms with van der Waals surface area (Å²) < 4.78 is 22.4. The Morgan fingerprint density at radius 1 is 0.875 bits per heavy atom. The Kier molecular flexibility index (Phi) is 11.8. The lowest BCUT2D eigenvalue weighted by Crippen LogP contribution is -2.45. The topological polar surface area (TPSA) is 71.1 Å². The van der Waals surface area contributed by atoms with Gasteiger partial charge in [0.1, 0.15) is 30.1 Å². The lowest BCUT2D eigenvalue weighted by Gasteiger charge is -2.32. The van der Waals surface area contributed by atoms with Gasteiger partial charge in [-0.1, -0.05) is 72.6 Å². The Morgan fingerprint density at radius 3 is 2.05 bits per heavy atom. The maximum absolute atomic E-state index is 13.0. The van der Waals surface area contributed by atoms with E-state index >= 15 is 0 Å². The van der Waals surface area contributed by atoms with Crippen LogP contribution in [0.3, 0.4) is 0 Å². The second kappa shape index (κ2) is 14.6. The van der Waals surface area contributed by atoms with E-state index < -0.39 is 17.5 Å². The fourth-order valence-corrected chi connectivity index (χ4v) is 6.03. The summed E-state index contributed by atoms with van der Waals surface area (Å²) in [5.74, 6) is 3.54. The number of ether oxygens (including phenoxy) is 4. The Balaban J connectivity index is 1.48. The Labute approximate surface area is 242 Å². The van der Waals surface area contributed by atoms with E-state index in [4.69, 9.17) is 18.9 Å². The lowest BCUT2D eigenvalue weighted by molar-refractivity contribution is -0.156. The van der Waals surface area contributed by atoms with Gasteiger partial charge in [-0.25, -0.2) is 4.79 Å². The lowest BCUT2D eigenvalue weighted by atomic mass is 9.89. The van der Waals surface area contributed by atoms with Gasteiger partial charge in [0, 0.05) is 5.56 Å². The summed E-state index contributed by atoms with van der Waals surface area (Å²) in [5.41, 5.74) is 3.00. The monoisotopic (exact) mass is 558 g/mol. The van der Waals surface area contributed by atoms with E-state index in [0.29, 0.717) is 5.75 Å². The second-order valence-corrected chi connectivity index (χ2v) is 13.5. The van der Waals surface area contributed by atoms with Gasteiger partial charge in [0.2, 0.25) is 0 Å². The number of fused-ring (bicyclic) bond motifs is 1. The van der Waals surface area contributed by atoms with Crippen LogP contribution in [0.1, 0.15) is 121 Å². The van der Waals surface area contributed by atoms with Gasteiger partial charge in [-0.05, 0) is 87.8 Å². The van der Waals surface area contributed by atoms with Gasteiger partial charge in [0.05, 0.1) is 6.10 Å². The van der Waals surface area contributed by atoms with E-state index in [1.54, 1.807) is 6.92 Å². The third-order valence-corrected chi connectivity index (χ3v) is 9.11. The number of esters is 1. The average Bonchev–Trinajstić information content (AvgIpc) is 2.91. The molecule has 0 spiro atoms. The molecule has 6 heteroatoms. The molecule has 6 nitrogen and oxygen atoms in total. The fourth-order valence-electron chi connectivity index (χ4n) is 6.03. The molecule has 0 aliphatic carbocycles. The van der Waals surface area contributed by atoms with Crippen molar-refractivity contribution in [2.24, 2.45) is 23.2 Å². The quantitative estimate of drug-likeness (QED) is 0.168. The molecule has 1 saturated heterocycles. The number of hydrogen-bond donors (Lipinski definition) is 0. The zero-order valence-corrected chi connectivity index (χ0v) is 26.5. The van der Waals surface area contributed by atoms with E-state index in [1.807, 2.05) is 20.8 Å². The first-order valence-corrected chi connectivity index (χ1v) is 15.7. The molecule has 0 unspecified atom stereocenters. The molecular formula is C34H54O6. The van der Waals surface area contributed by atoms with Crippen LogP contribution in [0.15, 0.2) is 0 Å². The zero-order chi connectivity index (χ0) is 29.4. The molecule has 0 aromatic heterocycles. The molecule has 2 heterocycles. The van der Waals surface area contributed by atoms with Crippen LogP contribution in [0.25, 0.3) is 0 Å². The highest BCUT2D eigenvalue weighted by Gasteiger charge is 2.43. The summed E-state index contributed by atoms with van der Waals surface area (Å²) >= 11 is 0. The maximum Gasteiger partial charge on any atom is 0.508 e. The number of carbonyl (C=O) groups excluding carboxylic acids is 2. The van der Waals surface area contributed by atoms with E-state index in [0.717, 1.165) is 65.0 Å². The SMILES string of the molecule is Cc1c(C)c2c(c(C)c1OC(=O)C1(C)COC(=O)OC1)CC[C@@H](CCC[C@H](C)CCC[C@H](C)CCCC(C)C)O2. The van der Waals surface area contributed by atoms with E-state index in [9.17, 15) is 9.59 Å². The van der Waals surface area contributed by atoms with Gasteiger partial charge < -0.3 is 18.9 Å². The summed E-state index contributed by atoms with van der Waals surface area (Å²) in [4.78, 5) is 24.3. The third-order valence-electron chi connectivity index (χ3n) is 9.11. The molecular weight excluding hydrogens is 504 g/mol. The number of carbonyl (C=O) groups is 2. The van der Waals surface area contributed by atoms with Crippen molar-refractivity contribution in [3.05, 3.63) is 22.3 Å². The maximum atomic E-state index is 13.0. The molecule has 0 saturated carbocycles. The van der Waals surface area contributed by atoms with Crippen molar-refractivity contribution in [3.63, 3.8) is 0 Å². The van der Waals surface area contributed by atoms with Crippen LogP contribution in [0.4, 0.5) is 4.79 Å². The van der Waals surface area contributed by atoms with Crippen molar-refractivity contribution in [3.8, 4) is 11.5 Å². The van der Waals surface area contributed by atoms with Crippen molar-refractivity contribution in [1.29, 1.82) is 0 Å². The number of rotatable bonds is 14. The molecule has 226 valence electrons. The van der Waals surface area contributed by atoms with Gasteiger partial charge in [0.25, 0.3) is 0 Å². The highest BCUT2D eigenvalue weighted by molar-refractivity contribution is 5.81. The zero-order valence-electron chi connectivity index (χ0n) is 26.5. The highest BCUT2D eigenvalue weighted by Crippen LogP contribution is 2.43. The molecule has 0 amide bonds. The van der Waals surface area contributed by atoms with E-state index in [1.165, 1.54) is 51.4 Å². The van der Waals surface area contributed by atoms with Crippen LogP contribution in [0, 0.1) is 43.9 Å². The van der Waals surface area contributed by atoms with E-state index in [2.05, 4.69) is 27.7 Å². The minimum Gasteiger partial charge on any atom is -0.490 e. The number of hydrogen-bond acceptors (Lipinski definition) is 6. The van der Waals surface area contributed by atoms with Gasteiger partial charge in [-0.3, -0.25) is 4.79 Å². The first kappa shape index (κ1) is 32.3. The minimum atomic E-state index is -1.03. The first-order valence-electron chi connectivity index (χ1n) is 15.7. The molecule has 3 rings (SSSR count).